The highest BCUT2D eigenvalue weighted by Gasteiger charge is 2.00. The van der Waals surface area contributed by atoms with Gasteiger partial charge in [-0.3, -0.25) is 4.99 Å². The molecule has 0 bridgehead atoms. The van der Waals surface area contributed by atoms with E-state index in [1.54, 1.807) is 12.1 Å². The van der Waals surface area contributed by atoms with Crippen molar-refractivity contribution in [3.63, 3.8) is 0 Å². The van der Waals surface area contributed by atoms with Gasteiger partial charge in [0.25, 0.3) is 0 Å². The van der Waals surface area contributed by atoms with Gasteiger partial charge in [-0.1, -0.05) is 31.5 Å². The van der Waals surface area contributed by atoms with E-state index in [1.165, 1.54) is 5.56 Å². The van der Waals surface area contributed by atoms with Gasteiger partial charge >= 0.3 is 5.97 Å². The fourth-order valence-electron chi connectivity index (χ4n) is 2.15. The third kappa shape index (κ3) is 5.58. The molecule has 1 N–H and O–H groups in total. The largest absolute Gasteiger partial charge is 0.482 e. The third-order valence-electron chi connectivity index (χ3n) is 3.39. The van der Waals surface area contributed by atoms with Crippen LogP contribution in [-0.4, -0.2) is 23.9 Å². The Balaban J connectivity index is 2.04. The first-order valence-electron chi connectivity index (χ1n) is 7.75. The van der Waals surface area contributed by atoms with E-state index in [4.69, 9.17) is 9.84 Å². The molecule has 2 aromatic rings. The van der Waals surface area contributed by atoms with Crippen molar-refractivity contribution in [2.45, 2.75) is 26.2 Å². The molecule has 4 nitrogen and oxygen atoms in total. The van der Waals surface area contributed by atoms with Gasteiger partial charge in [0.15, 0.2) is 6.61 Å². The lowest BCUT2D eigenvalue weighted by atomic mass is 10.1. The first kappa shape index (κ1) is 16.7. The Labute approximate surface area is 136 Å². The van der Waals surface area contributed by atoms with Crippen molar-refractivity contribution in [3.8, 4) is 5.75 Å². The Morgan fingerprint density at radius 1 is 1.17 bits per heavy atom. The molecule has 0 saturated heterocycles. The van der Waals surface area contributed by atoms with Gasteiger partial charge in [0.05, 0.1) is 5.69 Å². The van der Waals surface area contributed by atoms with Crippen LogP contribution in [0.15, 0.2) is 53.5 Å². The standard InChI is InChI=1S/C19H21NO3/c1-2-3-6-16-7-4-5-8-18(16)20-13-15-9-11-17(12-10-15)23-14-19(21)22/h4-5,7-13H,2-3,6,14H2,1H3,(H,21,22)/b20-13+. The molecule has 0 aliphatic rings. The lowest BCUT2D eigenvalue weighted by Gasteiger charge is -2.05. The molecule has 0 atom stereocenters. The van der Waals surface area contributed by atoms with Crippen molar-refractivity contribution in [1.82, 2.24) is 0 Å². The normalized spacial score (nSPS) is 10.8. The van der Waals surface area contributed by atoms with Gasteiger partial charge < -0.3 is 9.84 Å². The van der Waals surface area contributed by atoms with Crippen molar-refractivity contribution in [3.05, 3.63) is 59.7 Å². The number of aryl methyl sites for hydroxylation is 1. The second kappa shape index (κ2) is 8.73. The molecule has 0 radical (unpaired) electrons. The Morgan fingerprint density at radius 3 is 2.61 bits per heavy atom. The van der Waals surface area contributed by atoms with E-state index >= 15 is 0 Å². The molecular weight excluding hydrogens is 290 g/mol. The number of aliphatic carboxylic acids is 1. The van der Waals surface area contributed by atoms with Crippen LogP contribution in [0.5, 0.6) is 5.75 Å². The molecule has 120 valence electrons. The number of benzene rings is 2. The summed E-state index contributed by atoms with van der Waals surface area (Å²) in [7, 11) is 0. The van der Waals surface area contributed by atoms with Crippen LogP contribution in [-0.2, 0) is 11.2 Å². The average Bonchev–Trinajstić information content (AvgIpc) is 2.58. The van der Waals surface area contributed by atoms with Gasteiger partial charge in [-0.15, -0.1) is 0 Å². The molecule has 0 unspecified atom stereocenters. The van der Waals surface area contributed by atoms with Gasteiger partial charge in [0.1, 0.15) is 5.75 Å². The van der Waals surface area contributed by atoms with Crippen LogP contribution in [0.25, 0.3) is 0 Å². The average molecular weight is 311 g/mol. The zero-order chi connectivity index (χ0) is 16.5. The molecule has 0 aliphatic heterocycles. The van der Waals surface area contributed by atoms with Crippen molar-refractivity contribution in [2.24, 2.45) is 4.99 Å². The van der Waals surface area contributed by atoms with E-state index in [9.17, 15) is 4.79 Å². The van der Waals surface area contributed by atoms with Crippen LogP contribution >= 0.6 is 0 Å². The number of hydrogen-bond donors (Lipinski definition) is 1. The molecule has 0 saturated carbocycles. The maximum absolute atomic E-state index is 10.5. The number of para-hydroxylation sites is 1. The molecule has 0 spiro atoms. The maximum Gasteiger partial charge on any atom is 0.341 e. The van der Waals surface area contributed by atoms with Crippen molar-refractivity contribution < 1.29 is 14.6 Å². The van der Waals surface area contributed by atoms with Gasteiger partial charge in [-0.05, 0) is 54.3 Å². The molecule has 0 aromatic heterocycles. The summed E-state index contributed by atoms with van der Waals surface area (Å²) < 4.78 is 5.10. The summed E-state index contributed by atoms with van der Waals surface area (Å²) in [6.07, 6.45) is 5.16. The van der Waals surface area contributed by atoms with Gasteiger partial charge in [-0.25, -0.2) is 4.79 Å². The highest BCUT2D eigenvalue weighted by molar-refractivity contribution is 5.82. The number of carbonyl (C=O) groups is 1. The quantitative estimate of drug-likeness (QED) is 0.742. The van der Waals surface area contributed by atoms with Crippen LogP contribution in [0.3, 0.4) is 0 Å². The SMILES string of the molecule is CCCCc1ccccc1/N=C/c1ccc(OCC(=O)O)cc1. The van der Waals surface area contributed by atoms with Gasteiger partial charge in [0.2, 0.25) is 0 Å². The Morgan fingerprint density at radius 2 is 1.91 bits per heavy atom. The molecule has 23 heavy (non-hydrogen) atoms. The lowest BCUT2D eigenvalue weighted by molar-refractivity contribution is -0.139. The van der Waals surface area contributed by atoms with Crippen molar-refractivity contribution in [2.75, 3.05) is 6.61 Å². The highest BCUT2D eigenvalue weighted by atomic mass is 16.5. The molecule has 2 aromatic carbocycles. The maximum atomic E-state index is 10.5. The number of carboxylic acids is 1. The first-order valence-corrected chi connectivity index (χ1v) is 7.75. The monoisotopic (exact) mass is 311 g/mol. The van der Waals surface area contributed by atoms with Crippen LogP contribution in [0.4, 0.5) is 5.69 Å². The van der Waals surface area contributed by atoms with E-state index in [0.717, 1.165) is 30.5 Å². The predicted octanol–water partition coefficient (Wildman–Crippen LogP) is 4.24. The molecule has 0 fully saturated rings. The van der Waals surface area contributed by atoms with Gasteiger partial charge in [0, 0.05) is 6.21 Å². The molecule has 0 heterocycles. The summed E-state index contributed by atoms with van der Waals surface area (Å²) in [5.74, 6) is -0.452. The molecular formula is C19H21NO3. The lowest BCUT2D eigenvalue weighted by Crippen LogP contribution is -2.09. The van der Waals surface area contributed by atoms with E-state index < -0.39 is 5.97 Å². The zero-order valence-electron chi connectivity index (χ0n) is 13.2. The molecule has 4 heteroatoms. The zero-order valence-corrected chi connectivity index (χ0v) is 13.2. The smallest absolute Gasteiger partial charge is 0.341 e. The molecule has 0 aliphatic carbocycles. The molecule has 2 rings (SSSR count). The number of aliphatic imine (C=N–C) groups is 1. The van der Waals surface area contributed by atoms with E-state index in [2.05, 4.69) is 18.0 Å². The fraction of sp³-hybridized carbons (Fsp3) is 0.263. The summed E-state index contributed by atoms with van der Waals surface area (Å²) in [6, 6.07) is 15.4. The van der Waals surface area contributed by atoms with Crippen LogP contribution in [0.1, 0.15) is 30.9 Å². The van der Waals surface area contributed by atoms with Gasteiger partial charge in [-0.2, -0.15) is 0 Å². The Bertz CT molecular complexity index is 663. The number of ether oxygens (including phenoxy) is 1. The predicted molar refractivity (Wildman–Crippen MR) is 91.9 cm³/mol. The highest BCUT2D eigenvalue weighted by Crippen LogP contribution is 2.21. The van der Waals surface area contributed by atoms with Crippen molar-refractivity contribution in [1.29, 1.82) is 0 Å². The van der Waals surface area contributed by atoms with Crippen LogP contribution in [0, 0.1) is 0 Å². The minimum absolute atomic E-state index is 0.335. The summed E-state index contributed by atoms with van der Waals surface area (Å²) in [5.41, 5.74) is 3.19. The topological polar surface area (TPSA) is 58.9 Å². The fourth-order valence-corrected chi connectivity index (χ4v) is 2.15. The second-order valence-corrected chi connectivity index (χ2v) is 5.24. The summed E-state index contributed by atoms with van der Waals surface area (Å²) >= 11 is 0. The third-order valence-corrected chi connectivity index (χ3v) is 3.39. The summed E-state index contributed by atoms with van der Waals surface area (Å²) in [6.45, 7) is 1.85. The number of nitrogens with zero attached hydrogens (tertiary/aromatic N) is 1. The Hall–Kier alpha value is -2.62. The van der Waals surface area contributed by atoms with E-state index in [0.29, 0.717) is 5.75 Å². The van der Waals surface area contributed by atoms with Crippen LogP contribution in [0.2, 0.25) is 0 Å². The Kier molecular flexibility index (Phi) is 6.36. The van der Waals surface area contributed by atoms with E-state index in [1.807, 2.05) is 36.5 Å². The van der Waals surface area contributed by atoms with Crippen LogP contribution < -0.4 is 4.74 Å². The number of unbranched alkanes of at least 4 members (excludes halogenated alkanes) is 1. The first-order chi connectivity index (χ1) is 11.2. The molecule has 0 amide bonds. The summed E-state index contributed by atoms with van der Waals surface area (Å²) in [4.78, 5) is 15.0. The number of carboxylic acid groups (broad SMARTS) is 1. The number of hydrogen-bond acceptors (Lipinski definition) is 3. The summed E-state index contributed by atoms with van der Waals surface area (Å²) in [5, 5.41) is 8.58. The second-order valence-electron chi connectivity index (χ2n) is 5.24. The number of rotatable bonds is 8. The van der Waals surface area contributed by atoms with E-state index in [-0.39, 0.29) is 6.61 Å². The van der Waals surface area contributed by atoms with Crippen molar-refractivity contribution >= 4 is 17.9 Å². The minimum atomic E-state index is -0.987. The minimum Gasteiger partial charge on any atom is -0.482 e.